The van der Waals surface area contributed by atoms with Crippen LogP contribution in [0.25, 0.3) is 22.2 Å². The summed E-state index contributed by atoms with van der Waals surface area (Å²) >= 11 is 6.29. The summed E-state index contributed by atoms with van der Waals surface area (Å²) < 4.78 is 1.84. The number of carbonyl (C=O) groups is 1. The van der Waals surface area contributed by atoms with Crippen molar-refractivity contribution < 1.29 is 4.79 Å². The lowest BCUT2D eigenvalue weighted by molar-refractivity contribution is -0.124. The van der Waals surface area contributed by atoms with E-state index in [2.05, 4.69) is 24.4 Å². The monoisotopic (exact) mass is 431 g/mol. The average molecular weight is 432 g/mol. The van der Waals surface area contributed by atoms with Crippen molar-refractivity contribution in [2.24, 2.45) is 0 Å². The fraction of sp³-hybridized carbons (Fsp3) is 0.231. The standard InChI is InChI=1S/C26H26ClN3O/c1-3-23(26(31)28-17-18(2)19-10-6-4-7-11-19)30-24-15-14-21(27)16-22(24)25(29-30)20-12-8-5-9-13-20/h4-16,18,23H,3,17H2,1-2H3,(H,28,31)/t18-,23+/m1/s1. The van der Waals surface area contributed by atoms with E-state index in [1.165, 1.54) is 5.56 Å². The minimum absolute atomic E-state index is 0.0238. The van der Waals surface area contributed by atoms with Crippen molar-refractivity contribution in [2.75, 3.05) is 6.54 Å². The number of fused-ring (bicyclic) bond motifs is 1. The summed E-state index contributed by atoms with van der Waals surface area (Å²) in [6.45, 7) is 4.71. The van der Waals surface area contributed by atoms with Gasteiger partial charge in [-0.15, -0.1) is 0 Å². The maximum Gasteiger partial charge on any atom is 0.244 e. The Morgan fingerprint density at radius 2 is 1.71 bits per heavy atom. The first-order chi connectivity index (χ1) is 15.1. The summed E-state index contributed by atoms with van der Waals surface area (Å²) in [5, 5.41) is 9.60. The summed E-state index contributed by atoms with van der Waals surface area (Å²) in [7, 11) is 0. The second kappa shape index (κ2) is 9.36. The van der Waals surface area contributed by atoms with Crippen molar-refractivity contribution in [1.29, 1.82) is 0 Å². The van der Waals surface area contributed by atoms with E-state index in [1.807, 2.05) is 78.3 Å². The van der Waals surface area contributed by atoms with Gasteiger partial charge in [-0.1, -0.05) is 86.1 Å². The maximum atomic E-state index is 13.2. The zero-order valence-corrected chi connectivity index (χ0v) is 18.5. The van der Waals surface area contributed by atoms with Gasteiger partial charge in [-0.25, -0.2) is 0 Å². The molecule has 0 fully saturated rings. The highest BCUT2D eigenvalue weighted by atomic mass is 35.5. The summed E-state index contributed by atoms with van der Waals surface area (Å²) in [4.78, 5) is 13.2. The molecule has 4 aromatic rings. The summed E-state index contributed by atoms with van der Waals surface area (Å²) in [5.41, 5.74) is 3.95. The van der Waals surface area contributed by atoms with Crippen LogP contribution in [0, 0.1) is 0 Å². The third-order valence-electron chi connectivity index (χ3n) is 5.65. The van der Waals surface area contributed by atoms with Gasteiger partial charge in [0, 0.05) is 22.5 Å². The minimum Gasteiger partial charge on any atom is -0.354 e. The topological polar surface area (TPSA) is 46.9 Å². The number of hydrogen-bond donors (Lipinski definition) is 1. The number of amides is 1. The van der Waals surface area contributed by atoms with Gasteiger partial charge >= 0.3 is 0 Å². The molecule has 0 saturated carbocycles. The first-order valence-corrected chi connectivity index (χ1v) is 11.0. The molecule has 0 aliphatic carbocycles. The van der Waals surface area contributed by atoms with Crippen molar-refractivity contribution >= 4 is 28.4 Å². The van der Waals surface area contributed by atoms with Crippen LogP contribution in [0.5, 0.6) is 0 Å². The second-order valence-electron chi connectivity index (χ2n) is 7.80. The van der Waals surface area contributed by atoms with Gasteiger partial charge in [-0.3, -0.25) is 9.48 Å². The molecule has 31 heavy (non-hydrogen) atoms. The largest absolute Gasteiger partial charge is 0.354 e. The van der Waals surface area contributed by atoms with Gasteiger partial charge in [-0.2, -0.15) is 5.10 Å². The van der Waals surface area contributed by atoms with Gasteiger partial charge in [0.25, 0.3) is 0 Å². The Morgan fingerprint density at radius 1 is 1.03 bits per heavy atom. The third kappa shape index (κ3) is 4.49. The molecular formula is C26H26ClN3O. The fourth-order valence-corrected chi connectivity index (χ4v) is 4.07. The van der Waals surface area contributed by atoms with Crippen molar-refractivity contribution in [2.45, 2.75) is 32.2 Å². The van der Waals surface area contributed by atoms with Crippen LogP contribution in [-0.4, -0.2) is 22.2 Å². The predicted octanol–water partition coefficient (Wildman–Crippen LogP) is 6.23. The van der Waals surface area contributed by atoms with Gasteiger partial charge in [0.2, 0.25) is 5.91 Å². The summed E-state index contributed by atoms with van der Waals surface area (Å²) in [6.07, 6.45) is 0.638. The van der Waals surface area contributed by atoms with Gasteiger partial charge in [0.15, 0.2) is 0 Å². The lowest BCUT2D eigenvalue weighted by atomic mass is 10.0. The van der Waals surface area contributed by atoms with Crippen LogP contribution in [0.2, 0.25) is 5.02 Å². The molecule has 2 atom stereocenters. The number of nitrogens with one attached hydrogen (secondary N) is 1. The fourth-order valence-electron chi connectivity index (χ4n) is 3.90. The molecule has 5 heteroatoms. The smallest absolute Gasteiger partial charge is 0.244 e. The minimum atomic E-state index is -0.399. The molecule has 1 amide bonds. The van der Waals surface area contributed by atoms with E-state index in [0.717, 1.165) is 22.2 Å². The molecule has 0 aliphatic heterocycles. The molecule has 4 nitrogen and oxygen atoms in total. The molecule has 4 rings (SSSR count). The Morgan fingerprint density at radius 3 is 2.39 bits per heavy atom. The highest BCUT2D eigenvalue weighted by molar-refractivity contribution is 6.31. The third-order valence-corrected chi connectivity index (χ3v) is 5.89. The molecule has 1 N–H and O–H groups in total. The SMILES string of the molecule is CC[C@@H](C(=O)NC[C@@H](C)c1ccccc1)n1nc(-c2ccccc2)c2cc(Cl)ccc21. The van der Waals surface area contributed by atoms with Crippen LogP contribution in [0.3, 0.4) is 0 Å². The number of aromatic nitrogens is 2. The number of halogens is 1. The Balaban J connectivity index is 1.64. The van der Waals surface area contributed by atoms with E-state index in [0.29, 0.717) is 18.0 Å². The van der Waals surface area contributed by atoms with E-state index in [-0.39, 0.29) is 11.8 Å². The van der Waals surface area contributed by atoms with Gasteiger partial charge in [-0.05, 0) is 36.1 Å². The van der Waals surface area contributed by atoms with Crippen LogP contribution < -0.4 is 5.32 Å². The number of carbonyl (C=O) groups excluding carboxylic acids is 1. The van der Waals surface area contributed by atoms with Crippen LogP contribution in [0.1, 0.15) is 37.8 Å². The molecular weight excluding hydrogens is 406 g/mol. The van der Waals surface area contributed by atoms with Crippen molar-refractivity contribution in [1.82, 2.24) is 15.1 Å². The average Bonchev–Trinajstić information content (AvgIpc) is 3.17. The molecule has 1 aromatic heterocycles. The van der Waals surface area contributed by atoms with E-state index < -0.39 is 6.04 Å². The highest BCUT2D eigenvalue weighted by Gasteiger charge is 2.24. The van der Waals surface area contributed by atoms with Gasteiger partial charge in [0.1, 0.15) is 11.7 Å². The Labute approximate surface area is 187 Å². The van der Waals surface area contributed by atoms with Crippen LogP contribution >= 0.6 is 11.6 Å². The van der Waals surface area contributed by atoms with Gasteiger partial charge in [0.05, 0.1) is 5.52 Å². The number of hydrogen-bond acceptors (Lipinski definition) is 2. The van der Waals surface area contributed by atoms with Crippen LogP contribution in [-0.2, 0) is 4.79 Å². The normalized spacial score (nSPS) is 13.1. The van der Waals surface area contributed by atoms with Crippen molar-refractivity contribution in [3.05, 3.63) is 89.4 Å². The molecule has 1 heterocycles. The summed E-state index contributed by atoms with van der Waals surface area (Å²) in [5.74, 6) is 0.208. The van der Waals surface area contributed by atoms with E-state index >= 15 is 0 Å². The number of nitrogens with zero attached hydrogens (tertiary/aromatic N) is 2. The molecule has 0 spiro atoms. The molecule has 3 aromatic carbocycles. The van der Waals surface area contributed by atoms with E-state index in [9.17, 15) is 4.79 Å². The van der Waals surface area contributed by atoms with E-state index in [1.54, 1.807) is 0 Å². The lowest BCUT2D eigenvalue weighted by Gasteiger charge is -2.19. The quantitative estimate of drug-likeness (QED) is 0.377. The molecule has 0 bridgehead atoms. The van der Waals surface area contributed by atoms with Crippen LogP contribution in [0.4, 0.5) is 0 Å². The van der Waals surface area contributed by atoms with E-state index in [4.69, 9.17) is 16.7 Å². The highest BCUT2D eigenvalue weighted by Crippen LogP contribution is 2.32. The zero-order chi connectivity index (χ0) is 21.8. The second-order valence-corrected chi connectivity index (χ2v) is 8.24. The first kappa shape index (κ1) is 21.1. The number of rotatable bonds is 7. The molecule has 0 unspecified atom stereocenters. The Hall–Kier alpha value is -3.11. The Kier molecular flexibility index (Phi) is 6.38. The van der Waals surface area contributed by atoms with Crippen molar-refractivity contribution in [3.8, 4) is 11.3 Å². The van der Waals surface area contributed by atoms with Gasteiger partial charge < -0.3 is 5.32 Å². The predicted molar refractivity (Wildman–Crippen MR) is 127 cm³/mol. The lowest BCUT2D eigenvalue weighted by Crippen LogP contribution is -2.35. The van der Waals surface area contributed by atoms with Crippen molar-refractivity contribution in [3.63, 3.8) is 0 Å². The number of benzene rings is 3. The molecule has 158 valence electrons. The van der Waals surface area contributed by atoms with Crippen LogP contribution in [0.15, 0.2) is 78.9 Å². The summed E-state index contributed by atoms with van der Waals surface area (Å²) in [6, 6.07) is 25.5. The Bertz CT molecular complexity index is 1170. The molecule has 0 radical (unpaired) electrons. The molecule has 0 saturated heterocycles. The zero-order valence-electron chi connectivity index (χ0n) is 17.8. The molecule has 0 aliphatic rings. The first-order valence-electron chi connectivity index (χ1n) is 10.6. The maximum absolute atomic E-state index is 13.2.